The summed E-state index contributed by atoms with van der Waals surface area (Å²) in [6, 6.07) is 5.19. The standard InChI is InChI=1S/C12H14BrN3O2S2/c1-14-5-9-2-3-12(11(13)4-9)20(17,18)16-6-10-7-19-8-15-10/h2-4,7-8,14,16H,5-6H2,1H3. The van der Waals surface area contributed by atoms with Crippen LogP contribution < -0.4 is 10.0 Å². The van der Waals surface area contributed by atoms with Gasteiger partial charge < -0.3 is 5.32 Å². The Hall–Kier alpha value is -0.800. The first-order valence-corrected chi connectivity index (χ1v) is 9.04. The second kappa shape index (κ2) is 6.77. The molecule has 2 rings (SSSR count). The molecule has 2 aromatic rings. The second-order valence-corrected chi connectivity index (χ2v) is 7.41. The molecule has 0 aliphatic carbocycles. The van der Waals surface area contributed by atoms with Gasteiger partial charge in [0.1, 0.15) is 0 Å². The largest absolute Gasteiger partial charge is 0.316 e. The number of rotatable bonds is 6. The summed E-state index contributed by atoms with van der Waals surface area (Å²) < 4.78 is 27.6. The fourth-order valence-corrected chi connectivity index (χ4v) is 4.33. The van der Waals surface area contributed by atoms with Crippen LogP contribution in [-0.4, -0.2) is 20.4 Å². The third-order valence-corrected chi connectivity index (χ3v) is 5.61. The molecule has 20 heavy (non-hydrogen) atoms. The van der Waals surface area contributed by atoms with Crippen LogP contribution in [0.4, 0.5) is 0 Å². The van der Waals surface area contributed by atoms with Gasteiger partial charge in [-0.1, -0.05) is 6.07 Å². The summed E-state index contributed by atoms with van der Waals surface area (Å²) in [7, 11) is -1.71. The molecular formula is C12H14BrN3O2S2. The summed E-state index contributed by atoms with van der Waals surface area (Å²) in [6.45, 7) is 0.877. The maximum atomic E-state index is 12.2. The highest BCUT2D eigenvalue weighted by Gasteiger charge is 2.17. The molecular weight excluding hydrogens is 362 g/mol. The molecule has 1 aromatic carbocycles. The number of hydrogen-bond acceptors (Lipinski definition) is 5. The van der Waals surface area contributed by atoms with Crippen LogP contribution in [-0.2, 0) is 23.1 Å². The molecule has 0 fully saturated rings. The molecule has 108 valence electrons. The van der Waals surface area contributed by atoms with Gasteiger partial charge in [0.2, 0.25) is 10.0 Å². The quantitative estimate of drug-likeness (QED) is 0.810. The zero-order valence-electron chi connectivity index (χ0n) is 10.8. The first-order valence-electron chi connectivity index (χ1n) is 5.82. The Kier molecular flexibility index (Phi) is 5.28. The Bertz CT molecular complexity index is 672. The molecule has 0 spiro atoms. The second-order valence-electron chi connectivity index (χ2n) is 4.10. The molecule has 1 heterocycles. The van der Waals surface area contributed by atoms with Crippen molar-refractivity contribution in [2.75, 3.05) is 7.05 Å². The zero-order valence-corrected chi connectivity index (χ0v) is 14.0. The number of aromatic nitrogens is 1. The van der Waals surface area contributed by atoms with Crippen molar-refractivity contribution in [3.63, 3.8) is 0 Å². The molecule has 0 saturated carbocycles. The Morgan fingerprint density at radius 3 is 2.75 bits per heavy atom. The third-order valence-electron chi connectivity index (χ3n) is 2.59. The minimum Gasteiger partial charge on any atom is -0.316 e. The lowest BCUT2D eigenvalue weighted by atomic mass is 10.2. The van der Waals surface area contributed by atoms with Crippen LogP contribution in [0.1, 0.15) is 11.3 Å². The molecule has 8 heteroatoms. The molecule has 0 unspecified atom stereocenters. The van der Waals surface area contributed by atoms with Gasteiger partial charge >= 0.3 is 0 Å². The van der Waals surface area contributed by atoms with Gasteiger partial charge in [0.15, 0.2) is 0 Å². The maximum Gasteiger partial charge on any atom is 0.242 e. The van der Waals surface area contributed by atoms with Crippen LogP contribution in [0.2, 0.25) is 0 Å². The molecule has 0 atom stereocenters. The summed E-state index contributed by atoms with van der Waals surface area (Å²) in [5, 5.41) is 4.83. The van der Waals surface area contributed by atoms with Gasteiger partial charge in [0.25, 0.3) is 0 Å². The number of benzene rings is 1. The van der Waals surface area contributed by atoms with Crippen molar-refractivity contribution in [2.45, 2.75) is 18.0 Å². The van der Waals surface area contributed by atoms with Crippen LogP contribution in [0, 0.1) is 0 Å². The Balaban J connectivity index is 2.16. The van der Waals surface area contributed by atoms with E-state index in [1.54, 1.807) is 23.7 Å². The molecule has 1 aromatic heterocycles. The third kappa shape index (κ3) is 3.86. The normalized spacial score (nSPS) is 11.7. The highest BCUT2D eigenvalue weighted by molar-refractivity contribution is 9.10. The predicted octanol–water partition coefficient (Wildman–Crippen LogP) is 2.10. The fourth-order valence-electron chi connectivity index (χ4n) is 1.65. The lowest BCUT2D eigenvalue weighted by Crippen LogP contribution is -2.23. The fraction of sp³-hybridized carbons (Fsp3) is 0.250. The van der Waals surface area contributed by atoms with Gasteiger partial charge in [-0.2, -0.15) is 0 Å². The van der Waals surface area contributed by atoms with E-state index >= 15 is 0 Å². The summed E-state index contributed by atoms with van der Waals surface area (Å²) in [6.07, 6.45) is 0. The molecule has 0 radical (unpaired) electrons. The van der Waals surface area contributed by atoms with E-state index in [4.69, 9.17) is 0 Å². The van der Waals surface area contributed by atoms with Crippen molar-refractivity contribution < 1.29 is 8.42 Å². The van der Waals surface area contributed by atoms with Crippen molar-refractivity contribution in [2.24, 2.45) is 0 Å². The summed E-state index contributed by atoms with van der Waals surface area (Å²) >= 11 is 4.75. The molecule has 0 aliphatic heterocycles. The van der Waals surface area contributed by atoms with E-state index in [0.717, 1.165) is 5.56 Å². The Morgan fingerprint density at radius 1 is 1.35 bits per heavy atom. The van der Waals surface area contributed by atoms with E-state index in [0.29, 0.717) is 16.7 Å². The molecule has 5 nitrogen and oxygen atoms in total. The van der Waals surface area contributed by atoms with Gasteiger partial charge in [0, 0.05) is 16.4 Å². The minimum atomic E-state index is -3.55. The minimum absolute atomic E-state index is 0.191. The van der Waals surface area contributed by atoms with Gasteiger partial charge in [-0.25, -0.2) is 18.1 Å². The summed E-state index contributed by atoms with van der Waals surface area (Å²) in [4.78, 5) is 4.27. The average Bonchev–Trinajstić information content (AvgIpc) is 2.90. The van der Waals surface area contributed by atoms with Gasteiger partial charge in [-0.05, 0) is 40.7 Å². The van der Waals surface area contributed by atoms with Gasteiger partial charge in [0.05, 0.1) is 22.6 Å². The lowest BCUT2D eigenvalue weighted by molar-refractivity contribution is 0.580. The Morgan fingerprint density at radius 2 is 2.15 bits per heavy atom. The summed E-state index contributed by atoms with van der Waals surface area (Å²) in [5.41, 5.74) is 3.39. The maximum absolute atomic E-state index is 12.2. The Labute approximate surface area is 130 Å². The predicted molar refractivity (Wildman–Crippen MR) is 83.0 cm³/mol. The van der Waals surface area contributed by atoms with E-state index < -0.39 is 10.0 Å². The molecule has 0 saturated heterocycles. The van der Waals surface area contributed by atoms with Crippen LogP contribution in [0.3, 0.4) is 0 Å². The van der Waals surface area contributed by atoms with Crippen molar-refractivity contribution in [3.05, 3.63) is 44.8 Å². The molecule has 2 N–H and O–H groups in total. The van der Waals surface area contributed by atoms with Crippen LogP contribution in [0.15, 0.2) is 38.5 Å². The van der Waals surface area contributed by atoms with Crippen molar-refractivity contribution in [3.8, 4) is 0 Å². The van der Waals surface area contributed by atoms with Gasteiger partial charge in [-0.15, -0.1) is 11.3 Å². The van der Waals surface area contributed by atoms with Crippen LogP contribution in [0.5, 0.6) is 0 Å². The zero-order chi connectivity index (χ0) is 14.6. The molecule has 0 bridgehead atoms. The van der Waals surface area contributed by atoms with Crippen molar-refractivity contribution in [1.29, 1.82) is 0 Å². The lowest BCUT2D eigenvalue weighted by Gasteiger charge is -2.09. The molecule has 0 amide bonds. The molecule has 0 aliphatic rings. The first kappa shape index (κ1) is 15.6. The SMILES string of the molecule is CNCc1ccc(S(=O)(=O)NCc2cscn2)c(Br)c1. The highest BCUT2D eigenvalue weighted by Crippen LogP contribution is 2.23. The van der Waals surface area contributed by atoms with Crippen molar-refractivity contribution in [1.82, 2.24) is 15.0 Å². The van der Waals surface area contributed by atoms with Crippen LogP contribution in [0.25, 0.3) is 0 Å². The highest BCUT2D eigenvalue weighted by atomic mass is 79.9. The van der Waals surface area contributed by atoms with Crippen molar-refractivity contribution >= 4 is 37.3 Å². The van der Waals surface area contributed by atoms with E-state index in [1.165, 1.54) is 11.3 Å². The van der Waals surface area contributed by atoms with Crippen LogP contribution >= 0.6 is 27.3 Å². The van der Waals surface area contributed by atoms with E-state index in [2.05, 4.69) is 31.0 Å². The number of nitrogens with zero attached hydrogens (tertiary/aromatic N) is 1. The summed E-state index contributed by atoms with van der Waals surface area (Å²) in [5.74, 6) is 0. The monoisotopic (exact) mass is 375 g/mol. The average molecular weight is 376 g/mol. The number of thiazole rings is 1. The number of sulfonamides is 1. The number of nitrogens with one attached hydrogen (secondary N) is 2. The smallest absolute Gasteiger partial charge is 0.242 e. The topological polar surface area (TPSA) is 71.1 Å². The first-order chi connectivity index (χ1) is 9.53. The van der Waals surface area contributed by atoms with E-state index in [-0.39, 0.29) is 11.4 Å². The van der Waals surface area contributed by atoms with E-state index in [1.807, 2.05) is 12.4 Å². The van der Waals surface area contributed by atoms with E-state index in [9.17, 15) is 8.42 Å². The number of halogens is 1. The van der Waals surface area contributed by atoms with Gasteiger partial charge in [-0.3, -0.25) is 0 Å². The number of hydrogen-bond donors (Lipinski definition) is 2.